The van der Waals surface area contributed by atoms with Gasteiger partial charge in [-0.2, -0.15) is 0 Å². The Morgan fingerprint density at radius 2 is 2.75 bits per heavy atom. The van der Waals surface area contributed by atoms with Crippen LogP contribution in [0.5, 0.6) is 0 Å². The standard InChI is InChI=1S/C2H2N4O2/c7-6(8)2-1-3-5-4-2/h1H,(H,3,4)/q+1. The van der Waals surface area contributed by atoms with Gasteiger partial charge in [-0.25, -0.2) is 0 Å². The minimum atomic E-state index is -0.622. The molecule has 41 valence electrons. The zero-order valence-corrected chi connectivity index (χ0v) is 3.74. The second-order valence-electron chi connectivity index (χ2n) is 1.09. The van der Waals surface area contributed by atoms with Gasteiger partial charge in [-0.3, -0.25) is 0 Å². The molecular weight excluding hydrogens is 112 g/mol. The fraction of sp³-hybridized carbons (Fsp3) is 0. The van der Waals surface area contributed by atoms with E-state index in [-0.39, 0.29) is 5.82 Å². The molecule has 0 aromatic carbocycles. The Morgan fingerprint density at radius 3 is 3.00 bits per heavy atom. The van der Waals surface area contributed by atoms with Crippen LogP contribution in [0.4, 0.5) is 0 Å². The second-order valence-corrected chi connectivity index (χ2v) is 1.09. The predicted octanol–water partition coefficient (Wildman–Crippen LogP) is -0.632. The predicted molar refractivity (Wildman–Crippen MR) is 22.8 cm³/mol. The molecule has 1 radical (unpaired) electrons. The van der Waals surface area contributed by atoms with Crippen LogP contribution in [0, 0.1) is 10.1 Å². The summed E-state index contributed by atoms with van der Waals surface area (Å²) in [6.07, 6.45) is 1.11. The number of hydrogen-bond donors (Lipinski definition) is 1. The van der Waals surface area contributed by atoms with Crippen LogP contribution in [0.15, 0.2) is 17.1 Å². The molecule has 8 heavy (non-hydrogen) atoms. The molecule has 0 aromatic rings. The van der Waals surface area contributed by atoms with Gasteiger partial charge in [0.15, 0.2) is 6.20 Å². The maximum absolute atomic E-state index is 9.75. The third kappa shape index (κ3) is 0.625. The zero-order chi connectivity index (χ0) is 5.98. The lowest BCUT2D eigenvalue weighted by molar-refractivity contribution is -0.426. The van der Waals surface area contributed by atoms with E-state index in [0.29, 0.717) is 0 Å². The van der Waals surface area contributed by atoms with Gasteiger partial charge in [0.2, 0.25) is 0 Å². The van der Waals surface area contributed by atoms with Crippen LogP contribution in [0.25, 0.3) is 0 Å². The quantitative estimate of drug-likeness (QED) is 0.364. The fourth-order valence-electron chi connectivity index (χ4n) is 0.285. The Balaban J connectivity index is 2.72. The highest BCUT2D eigenvalue weighted by atomic mass is 16.6. The van der Waals surface area contributed by atoms with Crippen molar-refractivity contribution in [1.29, 1.82) is 0 Å². The van der Waals surface area contributed by atoms with Crippen LogP contribution in [0.3, 0.4) is 0 Å². The van der Waals surface area contributed by atoms with Gasteiger partial charge in [-0.15, -0.1) is 0 Å². The van der Waals surface area contributed by atoms with Crippen molar-refractivity contribution in [2.24, 2.45) is 5.11 Å². The molecule has 0 unspecified atom stereocenters. The molecule has 0 spiro atoms. The number of hydrogen-bond acceptors (Lipinski definition) is 5. The summed E-state index contributed by atoms with van der Waals surface area (Å²) in [7, 11) is 0. The van der Waals surface area contributed by atoms with Gasteiger partial charge in [0.25, 0.3) is 0 Å². The van der Waals surface area contributed by atoms with E-state index in [1.54, 1.807) is 0 Å². The summed E-state index contributed by atoms with van der Waals surface area (Å²) < 4.78 is 0. The molecule has 1 aliphatic heterocycles. The lowest BCUT2D eigenvalue weighted by Gasteiger charge is -1.78. The van der Waals surface area contributed by atoms with Gasteiger partial charge in [0, 0.05) is 0 Å². The highest BCUT2D eigenvalue weighted by Gasteiger charge is 2.24. The molecule has 1 aliphatic rings. The van der Waals surface area contributed by atoms with E-state index in [0.717, 1.165) is 6.20 Å². The van der Waals surface area contributed by atoms with Crippen LogP contribution in [-0.2, 0) is 0 Å². The molecule has 1 heterocycles. The Bertz CT molecular complexity index is 171. The smallest absolute Gasteiger partial charge is 0.358 e. The average molecular weight is 114 g/mol. The summed E-state index contributed by atoms with van der Waals surface area (Å²) in [4.78, 5) is 9.12. The van der Waals surface area contributed by atoms with Gasteiger partial charge in [-0.05, 0) is 10.3 Å². The minimum absolute atomic E-state index is 0.259. The van der Waals surface area contributed by atoms with Crippen LogP contribution in [0.1, 0.15) is 0 Å². The van der Waals surface area contributed by atoms with E-state index in [1.807, 2.05) is 0 Å². The minimum Gasteiger partial charge on any atom is -0.358 e. The van der Waals surface area contributed by atoms with Gasteiger partial charge >= 0.3 is 16.2 Å². The number of nitro groups is 1. The van der Waals surface area contributed by atoms with Crippen molar-refractivity contribution >= 4 is 0 Å². The Hall–Kier alpha value is -1.46. The van der Waals surface area contributed by atoms with E-state index < -0.39 is 4.92 Å². The van der Waals surface area contributed by atoms with E-state index in [1.165, 1.54) is 0 Å². The van der Waals surface area contributed by atoms with Crippen molar-refractivity contribution in [2.75, 3.05) is 0 Å². The van der Waals surface area contributed by atoms with Crippen molar-refractivity contribution in [2.45, 2.75) is 0 Å². The van der Waals surface area contributed by atoms with Crippen molar-refractivity contribution in [1.82, 2.24) is 10.6 Å². The van der Waals surface area contributed by atoms with Gasteiger partial charge in [-0.1, -0.05) is 0 Å². The van der Waals surface area contributed by atoms with E-state index in [9.17, 15) is 10.1 Å². The molecule has 1 rings (SSSR count). The Labute approximate surface area is 44.0 Å². The third-order valence-electron chi connectivity index (χ3n) is 0.591. The lowest BCUT2D eigenvalue weighted by Crippen LogP contribution is -1.98. The number of nitrogens with zero attached hydrogens (tertiary/aromatic N) is 3. The van der Waals surface area contributed by atoms with Crippen molar-refractivity contribution in [3.8, 4) is 0 Å². The molecule has 0 saturated carbocycles. The molecular formula is C2H2N4O2+. The van der Waals surface area contributed by atoms with Crippen LogP contribution in [-0.4, -0.2) is 4.92 Å². The molecule has 0 aliphatic carbocycles. The van der Waals surface area contributed by atoms with Crippen molar-refractivity contribution in [3.05, 3.63) is 22.1 Å². The molecule has 6 heteroatoms. The monoisotopic (exact) mass is 114 g/mol. The number of rotatable bonds is 1. The Morgan fingerprint density at radius 1 is 2.00 bits per heavy atom. The van der Waals surface area contributed by atoms with Gasteiger partial charge < -0.3 is 10.1 Å². The highest BCUT2D eigenvalue weighted by molar-refractivity contribution is 4.87. The summed E-state index contributed by atoms with van der Waals surface area (Å²) in [6.45, 7) is 0. The first-order valence-electron chi connectivity index (χ1n) is 1.81. The van der Waals surface area contributed by atoms with Gasteiger partial charge in [0.1, 0.15) is 0 Å². The largest absolute Gasteiger partial charge is 0.469 e. The molecule has 6 nitrogen and oxygen atoms in total. The second kappa shape index (κ2) is 1.57. The van der Waals surface area contributed by atoms with Crippen molar-refractivity contribution in [3.63, 3.8) is 0 Å². The molecule has 1 N–H and O–H groups in total. The SMILES string of the molecule is O=[N+]([O-])C1=CN[N+]=N1. The van der Waals surface area contributed by atoms with E-state index in [2.05, 4.69) is 15.8 Å². The van der Waals surface area contributed by atoms with Crippen LogP contribution >= 0.6 is 0 Å². The number of nitrogens with one attached hydrogen (secondary N) is 1. The summed E-state index contributed by atoms with van der Waals surface area (Å²) in [6, 6.07) is 0. The fourth-order valence-corrected chi connectivity index (χ4v) is 0.285. The normalized spacial score (nSPS) is 15.2. The molecule has 0 bridgehead atoms. The lowest BCUT2D eigenvalue weighted by atomic mass is 10.8. The molecule has 0 fully saturated rings. The van der Waals surface area contributed by atoms with Crippen LogP contribution < -0.4 is 10.6 Å². The first kappa shape index (κ1) is 4.69. The summed E-state index contributed by atoms with van der Waals surface area (Å²) >= 11 is 0. The van der Waals surface area contributed by atoms with E-state index >= 15 is 0 Å². The first-order valence-corrected chi connectivity index (χ1v) is 1.81. The van der Waals surface area contributed by atoms with Gasteiger partial charge in [0.05, 0.1) is 0 Å². The first-order chi connectivity index (χ1) is 3.80. The highest BCUT2D eigenvalue weighted by Crippen LogP contribution is 1.95. The van der Waals surface area contributed by atoms with Crippen molar-refractivity contribution < 1.29 is 4.92 Å². The molecule has 0 atom stereocenters. The maximum Gasteiger partial charge on any atom is 0.469 e. The summed E-state index contributed by atoms with van der Waals surface area (Å²) in [5.74, 6) is -0.259. The summed E-state index contributed by atoms with van der Waals surface area (Å²) in [5.41, 5.74) is 2.21. The molecule has 0 aromatic heterocycles. The third-order valence-corrected chi connectivity index (χ3v) is 0.591. The maximum atomic E-state index is 9.75. The molecule has 0 saturated heterocycles. The summed E-state index contributed by atoms with van der Waals surface area (Å²) in [5, 5.41) is 16.0. The van der Waals surface area contributed by atoms with E-state index in [4.69, 9.17) is 0 Å². The Kier molecular flexibility index (Phi) is 0.918. The van der Waals surface area contributed by atoms with Crippen LogP contribution in [0.2, 0.25) is 0 Å². The zero-order valence-electron chi connectivity index (χ0n) is 3.74. The average Bonchev–Trinajstić information content (AvgIpc) is 2.12. The molecule has 0 amide bonds. The topological polar surface area (TPSA) is 81.6 Å².